The second-order valence-electron chi connectivity index (χ2n) is 7.46. The number of carbonyl (C=O) groups excluding carboxylic acids is 1. The van der Waals surface area contributed by atoms with E-state index < -0.39 is 18.4 Å². The van der Waals surface area contributed by atoms with Crippen molar-refractivity contribution in [2.45, 2.75) is 37.1 Å². The maximum atomic E-state index is 14.2. The first-order valence-corrected chi connectivity index (χ1v) is 11.5. The predicted molar refractivity (Wildman–Crippen MR) is 108 cm³/mol. The largest absolute Gasteiger partial charge is 0.464 e. The summed E-state index contributed by atoms with van der Waals surface area (Å²) < 4.78 is 31.0. The molecule has 0 aromatic heterocycles. The Morgan fingerprint density at radius 1 is 1.03 bits per heavy atom. The number of hydrogen-bond acceptors (Lipinski definition) is 5. The molecule has 7 heteroatoms. The molecular weight excluding hydrogens is 389 g/mol. The lowest BCUT2D eigenvalue weighted by Gasteiger charge is -2.44. The second-order valence-corrected chi connectivity index (χ2v) is 9.73. The maximum absolute atomic E-state index is 14.2. The van der Waals surface area contributed by atoms with Gasteiger partial charge in [0.05, 0.1) is 26.7 Å². The molecule has 4 atom stereocenters. The Balaban J connectivity index is 1.88. The van der Waals surface area contributed by atoms with Crippen LogP contribution < -0.4 is 4.90 Å². The Bertz CT molecular complexity index is 927. The number of benzene rings is 2. The molecule has 2 aliphatic rings. The Labute approximate surface area is 171 Å². The minimum atomic E-state index is -3.59. The molecule has 6 nitrogen and oxygen atoms in total. The third-order valence-electron chi connectivity index (χ3n) is 6.16. The van der Waals surface area contributed by atoms with Gasteiger partial charge in [0.2, 0.25) is 5.28 Å². The summed E-state index contributed by atoms with van der Waals surface area (Å²) in [5.74, 6) is -0.285. The Hall–Kier alpha value is -1.98. The van der Waals surface area contributed by atoms with Gasteiger partial charge in [-0.05, 0) is 13.8 Å². The summed E-state index contributed by atoms with van der Waals surface area (Å²) in [6.07, 6.45) is 0.350. The molecule has 0 spiro atoms. The SMILES string of the molecule is CCOP(=O)(OCC)[C@]1(c2ccccc2)C[C@]2(C(=O)OC)[C@@H](c3ccccc3)[NH+]21. The van der Waals surface area contributed by atoms with Crippen LogP contribution in [0.3, 0.4) is 0 Å². The summed E-state index contributed by atoms with van der Waals surface area (Å²) in [6, 6.07) is 19.3. The van der Waals surface area contributed by atoms with Crippen LogP contribution in [-0.2, 0) is 28.4 Å². The van der Waals surface area contributed by atoms with Crippen molar-refractivity contribution in [1.82, 2.24) is 0 Å². The molecule has 154 valence electrons. The Morgan fingerprint density at radius 3 is 2.10 bits per heavy atom. The number of ether oxygens (including phenoxy) is 1. The first-order chi connectivity index (χ1) is 14.0. The van der Waals surface area contributed by atoms with Crippen LogP contribution in [-0.4, -0.2) is 31.8 Å². The predicted octanol–water partition coefficient (Wildman–Crippen LogP) is 3.06. The third-order valence-corrected chi connectivity index (χ3v) is 8.95. The molecule has 2 heterocycles. The normalized spacial score (nSPS) is 30.2. The van der Waals surface area contributed by atoms with Crippen molar-refractivity contribution in [2.75, 3.05) is 20.3 Å². The molecule has 2 aromatic rings. The van der Waals surface area contributed by atoms with E-state index in [-0.39, 0.29) is 25.2 Å². The number of rotatable bonds is 8. The molecule has 1 unspecified atom stereocenters. The van der Waals surface area contributed by atoms with Gasteiger partial charge in [-0.2, -0.15) is 0 Å². The van der Waals surface area contributed by atoms with E-state index in [0.29, 0.717) is 6.42 Å². The minimum Gasteiger partial charge on any atom is -0.464 e. The van der Waals surface area contributed by atoms with E-state index in [4.69, 9.17) is 13.8 Å². The van der Waals surface area contributed by atoms with E-state index in [9.17, 15) is 9.36 Å². The van der Waals surface area contributed by atoms with Gasteiger partial charge in [-0.15, -0.1) is 0 Å². The van der Waals surface area contributed by atoms with Crippen LogP contribution in [0.1, 0.15) is 37.4 Å². The highest BCUT2D eigenvalue weighted by Gasteiger charge is 2.96. The van der Waals surface area contributed by atoms with E-state index >= 15 is 0 Å². The molecule has 2 aromatic carbocycles. The fourth-order valence-corrected chi connectivity index (χ4v) is 7.85. The quantitative estimate of drug-likeness (QED) is 0.407. The summed E-state index contributed by atoms with van der Waals surface area (Å²) in [5.41, 5.74) is 1.11. The first-order valence-electron chi connectivity index (χ1n) is 9.97. The van der Waals surface area contributed by atoms with Crippen molar-refractivity contribution < 1.29 is 28.0 Å². The van der Waals surface area contributed by atoms with E-state index in [1.165, 1.54) is 7.11 Å². The van der Waals surface area contributed by atoms with Gasteiger partial charge in [0.15, 0.2) is 6.04 Å². The summed E-state index contributed by atoms with van der Waals surface area (Å²) in [6.45, 7) is 4.15. The number of carbonyl (C=O) groups is 1. The second kappa shape index (κ2) is 7.37. The number of hydrogen-bond donors (Lipinski definition) is 1. The van der Waals surface area contributed by atoms with Gasteiger partial charge in [0.25, 0.3) is 5.54 Å². The first kappa shape index (κ1) is 20.3. The molecule has 0 aliphatic carbocycles. The van der Waals surface area contributed by atoms with Crippen LogP contribution in [0.4, 0.5) is 0 Å². The van der Waals surface area contributed by atoms with Crippen molar-refractivity contribution >= 4 is 13.6 Å². The van der Waals surface area contributed by atoms with Crippen LogP contribution in [0.5, 0.6) is 0 Å². The molecular formula is C22H27NO5P+. The van der Waals surface area contributed by atoms with Gasteiger partial charge < -0.3 is 13.8 Å². The number of fused-ring (bicyclic) bond motifs is 1. The number of quaternary nitrogens is 1. The van der Waals surface area contributed by atoms with Gasteiger partial charge >= 0.3 is 13.6 Å². The van der Waals surface area contributed by atoms with Gasteiger partial charge in [-0.3, -0.25) is 9.46 Å². The molecule has 29 heavy (non-hydrogen) atoms. The highest BCUT2D eigenvalue weighted by molar-refractivity contribution is 7.55. The monoisotopic (exact) mass is 416 g/mol. The topological polar surface area (TPSA) is 66.3 Å². The molecule has 2 aliphatic heterocycles. The highest BCUT2D eigenvalue weighted by Crippen LogP contribution is 2.73. The van der Waals surface area contributed by atoms with Crippen LogP contribution in [0.15, 0.2) is 60.7 Å². The van der Waals surface area contributed by atoms with Gasteiger partial charge in [0, 0.05) is 11.1 Å². The van der Waals surface area contributed by atoms with Crippen molar-refractivity contribution in [2.24, 2.45) is 0 Å². The van der Waals surface area contributed by atoms with Crippen molar-refractivity contribution in [3.05, 3.63) is 71.8 Å². The van der Waals surface area contributed by atoms with E-state index in [0.717, 1.165) is 16.0 Å². The zero-order valence-corrected chi connectivity index (χ0v) is 17.9. The molecule has 2 saturated heterocycles. The lowest BCUT2D eigenvalue weighted by atomic mass is 9.85. The van der Waals surface area contributed by atoms with E-state index in [1.54, 1.807) is 0 Å². The number of esters is 1. The highest BCUT2D eigenvalue weighted by atomic mass is 31.2. The lowest BCUT2D eigenvalue weighted by molar-refractivity contribution is -0.897. The Kier molecular flexibility index (Phi) is 5.16. The van der Waals surface area contributed by atoms with Crippen LogP contribution >= 0.6 is 7.60 Å². The van der Waals surface area contributed by atoms with Gasteiger partial charge in [-0.25, -0.2) is 4.79 Å². The summed E-state index contributed by atoms with van der Waals surface area (Å²) >= 11 is 0. The van der Waals surface area contributed by atoms with Crippen LogP contribution in [0.25, 0.3) is 0 Å². The summed E-state index contributed by atoms with van der Waals surface area (Å²) in [7, 11) is -2.18. The molecule has 0 amide bonds. The lowest BCUT2D eigenvalue weighted by Crippen LogP contribution is -3.14. The fourth-order valence-electron chi connectivity index (χ4n) is 5.12. The van der Waals surface area contributed by atoms with Crippen LogP contribution in [0, 0.1) is 0 Å². The standard InChI is InChI=1S/C22H26NO5P/c1-4-27-29(25,28-5-2)22(18-14-10-7-11-15-18)16-21(20(24)26-3)19(23(21)22)17-12-8-6-9-13-17/h6-15,19H,4-5,16H2,1-3H3/p+1/t19-,21-,22+,23?/m1/s1. The Morgan fingerprint density at radius 2 is 1.59 bits per heavy atom. The summed E-state index contributed by atoms with van der Waals surface area (Å²) in [4.78, 5) is 13.8. The van der Waals surface area contributed by atoms with Crippen molar-refractivity contribution in [3.8, 4) is 0 Å². The molecule has 0 saturated carbocycles. The van der Waals surface area contributed by atoms with E-state index in [1.807, 2.05) is 74.5 Å². The van der Waals surface area contributed by atoms with Gasteiger partial charge in [-0.1, -0.05) is 60.7 Å². The smallest absolute Gasteiger partial charge is 0.395 e. The van der Waals surface area contributed by atoms with Gasteiger partial charge in [0.1, 0.15) is 0 Å². The molecule has 4 rings (SSSR count). The molecule has 0 radical (unpaired) electrons. The number of methoxy groups -OCH3 is 1. The van der Waals surface area contributed by atoms with E-state index in [2.05, 4.69) is 0 Å². The van der Waals surface area contributed by atoms with Crippen molar-refractivity contribution in [1.29, 1.82) is 0 Å². The third kappa shape index (κ3) is 2.67. The molecule has 2 fully saturated rings. The molecule has 0 bridgehead atoms. The molecule has 1 N–H and O–H groups in total. The average molecular weight is 416 g/mol. The maximum Gasteiger partial charge on any atom is 0.395 e. The zero-order valence-electron chi connectivity index (χ0n) is 17.0. The minimum absolute atomic E-state index is 0.161. The van der Waals surface area contributed by atoms with Crippen LogP contribution in [0.2, 0.25) is 0 Å². The number of nitrogens with one attached hydrogen (secondary N) is 1. The average Bonchev–Trinajstić information content (AvgIpc) is 3.30. The zero-order chi connectivity index (χ0) is 20.7. The fraction of sp³-hybridized carbons (Fsp3) is 0.409. The summed E-state index contributed by atoms with van der Waals surface area (Å²) in [5, 5.41) is -0.949. The van der Waals surface area contributed by atoms with Crippen molar-refractivity contribution in [3.63, 3.8) is 0 Å².